The average molecular weight is 124 g/mol. The number of rotatable bonds is 0. The quantitative estimate of drug-likeness (QED) is 0.430. The van der Waals surface area contributed by atoms with Crippen molar-refractivity contribution in [2.45, 2.75) is 6.42 Å². The molecular weight excluding hydrogens is 115 g/mol. The molecule has 0 aromatic heterocycles. The largest absolute Gasteiger partial charge is 0.412 e. The van der Waals surface area contributed by atoms with E-state index >= 15 is 0 Å². The second-order valence-corrected chi connectivity index (χ2v) is 1.88. The fourth-order valence-electron chi connectivity index (χ4n) is 0.328. The molecular formula is C3H9O3P. The Morgan fingerprint density at radius 1 is 1.14 bits per heavy atom. The smallest absolute Gasteiger partial charge is 0.155 e. The Morgan fingerprint density at radius 3 is 1.86 bits per heavy atom. The van der Waals surface area contributed by atoms with Crippen molar-refractivity contribution in [3.05, 3.63) is 0 Å². The predicted octanol–water partition coefficient (Wildman–Crippen LogP) is 0.107. The third kappa shape index (κ3) is 2.94. The van der Waals surface area contributed by atoms with Gasteiger partial charge in [0.05, 0.1) is 13.2 Å². The van der Waals surface area contributed by atoms with Crippen molar-refractivity contribution in [2.24, 2.45) is 0 Å². The van der Waals surface area contributed by atoms with Crippen LogP contribution in [0.5, 0.6) is 0 Å². The van der Waals surface area contributed by atoms with Crippen molar-refractivity contribution in [1.82, 2.24) is 0 Å². The zero-order valence-electron chi connectivity index (χ0n) is 3.94. The molecule has 0 saturated carbocycles. The van der Waals surface area contributed by atoms with Crippen LogP contribution in [-0.2, 0) is 9.05 Å². The van der Waals surface area contributed by atoms with E-state index in [9.17, 15) is 0 Å². The normalized spacial score (nSPS) is 20.6. The maximum atomic E-state index is 4.88. The van der Waals surface area contributed by atoms with E-state index in [2.05, 4.69) is 0 Å². The van der Waals surface area contributed by atoms with E-state index in [1.807, 2.05) is 0 Å². The lowest BCUT2D eigenvalue weighted by Crippen LogP contribution is -1.98. The van der Waals surface area contributed by atoms with Crippen molar-refractivity contribution >= 4 is 9.03 Å². The van der Waals surface area contributed by atoms with E-state index in [-0.39, 0.29) is 5.48 Å². The van der Waals surface area contributed by atoms with Gasteiger partial charge in [0.1, 0.15) is 0 Å². The zero-order valence-corrected chi connectivity index (χ0v) is 4.94. The highest BCUT2D eigenvalue weighted by Crippen LogP contribution is 2.18. The highest BCUT2D eigenvalue weighted by molar-refractivity contribution is 7.26. The molecule has 1 aliphatic heterocycles. The van der Waals surface area contributed by atoms with Crippen molar-refractivity contribution in [2.75, 3.05) is 13.2 Å². The Bertz CT molecular complexity index is 25.7. The lowest BCUT2D eigenvalue weighted by molar-refractivity contribution is 0.197. The summed E-state index contributed by atoms with van der Waals surface area (Å²) in [6, 6.07) is 0. The van der Waals surface area contributed by atoms with Crippen LogP contribution in [0.1, 0.15) is 6.42 Å². The summed E-state index contributed by atoms with van der Waals surface area (Å²) in [4.78, 5) is 0. The van der Waals surface area contributed by atoms with Crippen molar-refractivity contribution in [3.63, 3.8) is 0 Å². The average Bonchev–Trinajstić information content (AvgIpc) is 1.72. The molecule has 44 valence electrons. The Kier molecular flexibility index (Phi) is 4.67. The molecule has 3 nitrogen and oxygen atoms in total. The molecule has 0 bridgehead atoms. The second-order valence-electron chi connectivity index (χ2n) is 1.13. The molecule has 0 atom stereocenters. The van der Waals surface area contributed by atoms with Crippen LogP contribution in [0.25, 0.3) is 0 Å². The van der Waals surface area contributed by atoms with E-state index in [1.54, 1.807) is 0 Å². The van der Waals surface area contributed by atoms with Gasteiger partial charge in [0.25, 0.3) is 0 Å². The summed E-state index contributed by atoms with van der Waals surface area (Å²) in [5, 5.41) is 0. The molecule has 4 heteroatoms. The third-order valence-corrected chi connectivity index (χ3v) is 1.25. The summed E-state index contributed by atoms with van der Waals surface area (Å²) in [6.45, 7) is 1.77. The topological polar surface area (TPSA) is 50.0 Å². The molecule has 1 heterocycles. The molecule has 1 fully saturated rings. The van der Waals surface area contributed by atoms with Gasteiger partial charge in [-0.25, -0.2) is 0 Å². The lowest BCUT2D eigenvalue weighted by atomic mass is 10.5. The minimum Gasteiger partial charge on any atom is -0.412 e. The maximum Gasteiger partial charge on any atom is 0.155 e. The highest BCUT2D eigenvalue weighted by atomic mass is 31.1. The maximum absolute atomic E-state index is 4.88. The van der Waals surface area contributed by atoms with Gasteiger partial charge < -0.3 is 14.5 Å². The highest BCUT2D eigenvalue weighted by Gasteiger charge is 1.95. The van der Waals surface area contributed by atoms with Gasteiger partial charge in [-0.15, -0.1) is 0 Å². The van der Waals surface area contributed by atoms with Crippen LogP contribution >= 0.6 is 9.03 Å². The van der Waals surface area contributed by atoms with Gasteiger partial charge in [0, 0.05) is 0 Å². The van der Waals surface area contributed by atoms with Gasteiger partial charge in [0.15, 0.2) is 9.03 Å². The van der Waals surface area contributed by atoms with Crippen LogP contribution in [0.15, 0.2) is 0 Å². The van der Waals surface area contributed by atoms with Crippen LogP contribution in [0.2, 0.25) is 0 Å². The summed E-state index contributed by atoms with van der Waals surface area (Å²) in [5.74, 6) is 0. The Hall–Kier alpha value is 0.310. The molecule has 1 saturated heterocycles. The predicted molar refractivity (Wildman–Crippen MR) is 28.4 cm³/mol. The van der Waals surface area contributed by atoms with Gasteiger partial charge in [-0.2, -0.15) is 0 Å². The third-order valence-electron chi connectivity index (χ3n) is 0.611. The van der Waals surface area contributed by atoms with Gasteiger partial charge in [0.2, 0.25) is 0 Å². The van der Waals surface area contributed by atoms with E-state index in [0.29, 0.717) is 9.03 Å². The first-order valence-corrected chi connectivity index (χ1v) is 2.80. The van der Waals surface area contributed by atoms with E-state index in [1.165, 1.54) is 0 Å². The van der Waals surface area contributed by atoms with E-state index in [0.717, 1.165) is 19.6 Å². The van der Waals surface area contributed by atoms with Crippen LogP contribution in [0.3, 0.4) is 0 Å². The van der Waals surface area contributed by atoms with Crippen molar-refractivity contribution in [1.29, 1.82) is 0 Å². The summed E-state index contributed by atoms with van der Waals surface area (Å²) in [5.41, 5.74) is 0. The number of hydrogen-bond acceptors (Lipinski definition) is 2. The van der Waals surface area contributed by atoms with Gasteiger partial charge >= 0.3 is 0 Å². The Morgan fingerprint density at radius 2 is 1.71 bits per heavy atom. The molecule has 2 N–H and O–H groups in total. The molecule has 7 heavy (non-hydrogen) atoms. The fourth-order valence-corrected chi connectivity index (χ4v) is 0.867. The monoisotopic (exact) mass is 124 g/mol. The molecule has 0 aliphatic carbocycles. The molecule has 0 aromatic carbocycles. The molecule has 0 aromatic rings. The first-order chi connectivity index (χ1) is 3.00. The van der Waals surface area contributed by atoms with Gasteiger partial charge in [-0.05, 0) is 6.42 Å². The SMILES string of the molecule is C1COPOC1.O. The van der Waals surface area contributed by atoms with Gasteiger partial charge in [-0.3, -0.25) is 0 Å². The molecule has 0 radical (unpaired) electrons. The summed E-state index contributed by atoms with van der Waals surface area (Å²) in [7, 11) is 0.302. The van der Waals surface area contributed by atoms with Crippen molar-refractivity contribution in [3.8, 4) is 0 Å². The van der Waals surface area contributed by atoms with Crippen LogP contribution in [0.4, 0.5) is 0 Å². The minimum absolute atomic E-state index is 0. The fraction of sp³-hybridized carbons (Fsp3) is 1.00. The Labute approximate surface area is 44.3 Å². The first kappa shape index (κ1) is 7.31. The molecule has 0 unspecified atom stereocenters. The zero-order chi connectivity index (χ0) is 4.24. The summed E-state index contributed by atoms with van der Waals surface area (Å²) in [6.07, 6.45) is 1.06. The minimum atomic E-state index is 0. The first-order valence-electron chi connectivity index (χ1n) is 1.99. The van der Waals surface area contributed by atoms with Crippen LogP contribution in [0, 0.1) is 0 Å². The molecule has 0 amide bonds. The molecule has 1 rings (SSSR count). The molecule has 1 aliphatic rings. The van der Waals surface area contributed by atoms with E-state index < -0.39 is 0 Å². The second kappa shape index (κ2) is 4.47. The standard InChI is InChI=1S/C3H7O2P.H2O/c1-2-4-6-5-3-1;/h6H,1-3H2;1H2. The summed E-state index contributed by atoms with van der Waals surface area (Å²) < 4.78 is 9.75. The van der Waals surface area contributed by atoms with Crippen LogP contribution < -0.4 is 0 Å². The van der Waals surface area contributed by atoms with Crippen LogP contribution in [-0.4, -0.2) is 18.7 Å². The Balaban J connectivity index is 0.000000360. The van der Waals surface area contributed by atoms with Gasteiger partial charge in [-0.1, -0.05) is 0 Å². The molecule has 0 spiro atoms. The lowest BCUT2D eigenvalue weighted by Gasteiger charge is -2.08. The van der Waals surface area contributed by atoms with E-state index in [4.69, 9.17) is 9.05 Å². The summed E-state index contributed by atoms with van der Waals surface area (Å²) >= 11 is 0. The van der Waals surface area contributed by atoms with Crippen molar-refractivity contribution < 1.29 is 14.5 Å². The number of hydrogen-bond donors (Lipinski definition) is 0.